The zero-order chi connectivity index (χ0) is 21.5. The van der Waals surface area contributed by atoms with Gasteiger partial charge in [-0.15, -0.1) is 0 Å². The number of rotatable bonds is 4. The van der Waals surface area contributed by atoms with Gasteiger partial charge in [-0.2, -0.15) is 0 Å². The Bertz CT molecular complexity index is 1350. The number of para-hydroxylation sites is 1. The van der Waals surface area contributed by atoms with Gasteiger partial charge < -0.3 is 14.4 Å². The number of aliphatic hydroxyl groups excluding tert-OH is 1. The predicted octanol–water partition coefficient (Wildman–Crippen LogP) is 4.21. The monoisotopic (exact) mass is 415 g/mol. The second-order valence-corrected chi connectivity index (χ2v) is 7.51. The second-order valence-electron chi connectivity index (χ2n) is 7.51. The molecule has 4 aromatic rings. The summed E-state index contributed by atoms with van der Waals surface area (Å²) in [5.41, 5.74) is 1.21. The van der Waals surface area contributed by atoms with Crippen molar-refractivity contribution >= 4 is 16.9 Å². The largest absolute Gasteiger partial charge is 0.450 e. The molecule has 0 saturated heterocycles. The number of β-amino-alcohol motifs (C(OH)–C–C–N with tert-alkyl or cyclic N) is 1. The maximum Gasteiger partial charge on any atom is 0.291 e. The van der Waals surface area contributed by atoms with E-state index in [1.54, 1.807) is 54.6 Å². The summed E-state index contributed by atoms with van der Waals surface area (Å²) in [6.07, 6.45) is -0.986. The SMILES string of the molecule is O=C1c2oc3ccccc3c(=O)c2[C@@H](c2cccc(F)c2)N1C[C@H](O)c1ccccc1. The van der Waals surface area contributed by atoms with E-state index in [-0.39, 0.29) is 23.3 Å². The number of benzene rings is 3. The van der Waals surface area contributed by atoms with Crippen LogP contribution in [0.1, 0.15) is 39.4 Å². The van der Waals surface area contributed by atoms with Gasteiger partial charge in [-0.1, -0.05) is 54.6 Å². The third kappa shape index (κ3) is 3.21. The zero-order valence-electron chi connectivity index (χ0n) is 16.4. The number of aliphatic hydroxyl groups is 1. The maximum absolute atomic E-state index is 14.0. The lowest BCUT2D eigenvalue weighted by molar-refractivity contribution is 0.0583. The zero-order valence-corrected chi connectivity index (χ0v) is 16.4. The lowest BCUT2D eigenvalue weighted by Gasteiger charge is -2.27. The van der Waals surface area contributed by atoms with Crippen LogP contribution in [0.25, 0.3) is 11.0 Å². The van der Waals surface area contributed by atoms with Crippen LogP contribution in [-0.4, -0.2) is 22.5 Å². The van der Waals surface area contributed by atoms with Crippen molar-refractivity contribution in [2.45, 2.75) is 12.1 Å². The van der Waals surface area contributed by atoms with Crippen molar-refractivity contribution < 1.29 is 18.7 Å². The molecule has 1 aliphatic heterocycles. The fourth-order valence-corrected chi connectivity index (χ4v) is 4.15. The molecule has 3 aromatic carbocycles. The molecule has 0 radical (unpaired) electrons. The minimum Gasteiger partial charge on any atom is -0.450 e. The van der Waals surface area contributed by atoms with Crippen LogP contribution in [0.3, 0.4) is 0 Å². The van der Waals surface area contributed by atoms with Gasteiger partial charge in [0, 0.05) is 0 Å². The number of nitrogens with zero attached hydrogens (tertiary/aromatic N) is 1. The third-order valence-corrected chi connectivity index (χ3v) is 5.59. The highest BCUT2D eigenvalue weighted by Crippen LogP contribution is 2.39. The van der Waals surface area contributed by atoms with E-state index in [0.29, 0.717) is 22.1 Å². The first-order valence-corrected chi connectivity index (χ1v) is 9.90. The Labute approximate surface area is 177 Å². The molecule has 1 aromatic heterocycles. The third-order valence-electron chi connectivity index (χ3n) is 5.59. The Morgan fingerprint density at radius 1 is 0.968 bits per heavy atom. The standard InChI is InChI=1S/C25H18FNO4/c26-17-10-6-9-16(13-17)22-21-23(29)18-11-4-5-12-20(18)31-24(21)25(30)27(22)14-19(28)15-7-2-1-3-8-15/h1-13,19,22,28H,14H2/t19-,22+/m0/s1. The van der Waals surface area contributed by atoms with Gasteiger partial charge in [-0.25, -0.2) is 4.39 Å². The number of fused-ring (bicyclic) bond motifs is 2. The molecule has 2 heterocycles. The Hall–Kier alpha value is -3.77. The Morgan fingerprint density at radius 2 is 1.71 bits per heavy atom. The van der Waals surface area contributed by atoms with Crippen molar-refractivity contribution in [1.82, 2.24) is 4.90 Å². The molecule has 1 aliphatic rings. The van der Waals surface area contributed by atoms with Crippen molar-refractivity contribution in [2.24, 2.45) is 0 Å². The molecule has 0 unspecified atom stereocenters. The fourth-order valence-electron chi connectivity index (χ4n) is 4.15. The van der Waals surface area contributed by atoms with Crippen LogP contribution in [0.15, 0.2) is 88.1 Å². The summed E-state index contributed by atoms with van der Waals surface area (Å²) in [5.74, 6) is -1.06. The van der Waals surface area contributed by atoms with Crippen LogP contribution < -0.4 is 5.43 Å². The first-order valence-electron chi connectivity index (χ1n) is 9.90. The first kappa shape index (κ1) is 19.2. The van der Waals surface area contributed by atoms with Crippen molar-refractivity contribution in [3.8, 4) is 0 Å². The summed E-state index contributed by atoms with van der Waals surface area (Å²) >= 11 is 0. The van der Waals surface area contributed by atoms with E-state index in [0.717, 1.165) is 0 Å². The molecular weight excluding hydrogens is 397 g/mol. The van der Waals surface area contributed by atoms with Gasteiger partial charge in [0.2, 0.25) is 5.76 Å². The number of carbonyl (C=O) groups is 1. The average Bonchev–Trinajstić information content (AvgIpc) is 3.06. The lowest BCUT2D eigenvalue weighted by Crippen LogP contribution is -2.33. The molecule has 0 saturated carbocycles. The number of carbonyl (C=O) groups excluding carboxylic acids is 1. The highest BCUT2D eigenvalue weighted by Gasteiger charge is 2.43. The van der Waals surface area contributed by atoms with Crippen molar-refractivity contribution in [2.75, 3.05) is 6.54 Å². The molecule has 5 nitrogen and oxygen atoms in total. The van der Waals surface area contributed by atoms with Crippen molar-refractivity contribution in [3.63, 3.8) is 0 Å². The summed E-state index contributed by atoms with van der Waals surface area (Å²) in [6, 6.07) is 20.6. The summed E-state index contributed by atoms with van der Waals surface area (Å²) in [5, 5.41) is 11.1. The van der Waals surface area contributed by atoms with Gasteiger partial charge in [-0.3, -0.25) is 9.59 Å². The van der Waals surface area contributed by atoms with Crippen LogP contribution in [0, 0.1) is 5.82 Å². The molecule has 1 N–H and O–H groups in total. The minimum absolute atomic E-state index is 0.0711. The second kappa shape index (κ2) is 7.49. The molecule has 2 atom stereocenters. The summed E-state index contributed by atoms with van der Waals surface area (Å²) < 4.78 is 19.9. The van der Waals surface area contributed by atoms with E-state index < -0.39 is 23.9 Å². The van der Waals surface area contributed by atoms with Crippen LogP contribution in [-0.2, 0) is 0 Å². The Balaban J connectivity index is 1.68. The van der Waals surface area contributed by atoms with Gasteiger partial charge in [0.1, 0.15) is 11.4 Å². The predicted molar refractivity (Wildman–Crippen MR) is 113 cm³/mol. The van der Waals surface area contributed by atoms with E-state index in [2.05, 4.69) is 0 Å². The average molecular weight is 415 g/mol. The molecule has 31 heavy (non-hydrogen) atoms. The highest BCUT2D eigenvalue weighted by molar-refractivity contribution is 5.99. The van der Waals surface area contributed by atoms with Gasteiger partial charge in [0.05, 0.1) is 29.6 Å². The van der Waals surface area contributed by atoms with Crippen LogP contribution >= 0.6 is 0 Å². The quantitative estimate of drug-likeness (QED) is 0.542. The van der Waals surface area contributed by atoms with Gasteiger partial charge in [0.15, 0.2) is 5.43 Å². The number of hydrogen-bond donors (Lipinski definition) is 1. The summed E-state index contributed by atoms with van der Waals surface area (Å²) in [4.78, 5) is 28.0. The van der Waals surface area contributed by atoms with Gasteiger partial charge in [0.25, 0.3) is 5.91 Å². The topological polar surface area (TPSA) is 70.8 Å². The van der Waals surface area contributed by atoms with E-state index in [1.165, 1.54) is 23.1 Å². The molecule has 5 rings (SSSR count). The van der Waals surface area contributed by atoms with E-state index in [9.17, 15) is 19.1 Å². The lowest BCUT2D eigenvalue weighted by atomic mass is 9.98. The first-order chi connectivity index (χ1) is 15.0. The molecule has 0 aliphatic carbocycles. The molecule has 0 fully saturated rings. The molecular formula is C25H18FNO4. The molecule has 154 valence electrons. The smallest absolute Gasteiger partial charge is 0.291 e. The number of hydrogen-bond acceptors (Lipinski definition) is 4. The molecule has 6 heteroatoms. The maximum atomic E-state index is 14.0. The van der Waals surface area contributed by atoms with E-state index in [4.69, 9.17) is 4.42 Å². The Kier molecular flexibility index (Phi) is 4.64. The van der Waals surface area contributed by atoms with Crippen LogP contribution in [0.4, 0.5) is 4.39 Å². The Morgan fingerprint density at radius 3 is 2.48 bits per heavy atom. The number of amides is 1. The summed E-state index contributed by atoms with van der Waals surface area (Å²) in [7, 11) is 0. The van der Waals surface area contributed by atoms with Crippen LogP contribution in [0.2, 0.25) is 0 Å². The van der Waals surface area contributed by atoms with Crippen molar-refractivity contribution in [3.05, 3.63) is 117 Å². The molecule has 0 bridgehead atoms. The van der Waals surface area contributed by atoms with Crippen LogP contribution in [0.5, 0.6) is 0 Å². The fraction of sp³-hybridized carbons (Fsp3) is 0.120. The summed E-state index contributed by atoms with van der Waals surface area (Å²) in [6.45, 7) is -0.0794. The number of halogens is 1. The molecule has 0 spiro atoms. The van der Waals surface area contributed by atoms with E-state index in [1.807, 2.05) is 6.07 Å². The van der Waals surface area contributed by atoms with Crippen molar-refractivity contribution in [1.29, 1.82) is 0 Å². The minimum atomic E-state index is -0.986. The van der Waals surface area contributed by atoms with Gasteiger partial charge in [-0.05, 0) is 35.4 Å². The normalized spacial score (nSPS) is 16.5. The van der Waals surface area contributed by atoms with Gasteiger partial charge >= 0.3 is 0 Å². The van der Waals surface area contributed by atoms with E-state index >= 15 is 0 Å². The molecule has 1 amide bonds. The highest BCUT2D eigenvalue weighted by atomic mass is 19.1.